The van der Waals surface area contributed by atoms with E-state index in [4.69, 9.17) is 15.6 Å². The molecule has 0 aromatic carbocycles. The zero-order valence-corrected chi connectivity index (χ0v) is 7.98. The van der Waals surface area contributed by atoms with Crippen LogP contribution in [0.5, 0.6) is 0 Å². The molecule has 1 aliphatic heterocycles. The molecule has 0 spiro atoms. The number of rotatable bonds is 4. The van der Waals surface area contributed by atoms with Gasteiger partial charge in [-0.1, -0.05) is 0 Å². The minimum atomic E-state index is -1.20. The Labute approximate surface area is 86.2 Å². The van der Waals surface area contributed by atoms with E-state index in [9.17, 15) is 15.0 Å². The molecular weight excluding hydrogens is 204 g/mol. The standard InChI is InChI=1S/C8H14N2O5/c9-5(12)1-2-10-8-7(14)6(13)4(3-11)15-8/h2,4,6-8,11,13-14H,1,3H2,(H2,9,12). The van der Waals surface area contributed by atoms with E-state index in [0.717, 1.165) is 0 Å². The van der Waals surface area contributed by atoms with Gasteiger partial charge < -0.3 is 25.8 Å². The Morgan fingerprint density at radius 1 is 1.47 bits per heavy atom. The topological polar surface area (TPSA) is 125 Å². The van der Waals surface area contributed by atoms with Crippen LogP contribution in [0, 0.1) is 0 Å². The van der Waals surface area contributed by atoms with E-state index < -0.39 is 37.1 Å². The molecule has 1 amide bonds. The Morgan fingerprint density at radius 3 is 2.60 bits per heavy atom. The van der Waals surface area contributed by atoms with Gasteiger partial charge in [-0.25, -0.2) is 0 Å². The first-order chi connectivity index (χ1) is 7.06. The molecule has 86 valence electrons. The van der Waals surface area contributed by atoms with Crippen LogP contribution in [0.1, 0.15) is 6.42 Å². The summed E-state index contributed by atoms with van der Waals surface area (Å²) in [6.45, 7) is -0.403. The van der Waals surface area contributed by atoms with Crippen molar-refractivity contribution < 1.29 is 24.9 Å². The summed E-state index contributed by atoms with van der Waals surface area (Å²) in [6.07, 6.45) is -3.04. The van der Waals surface area contributed by atoms with E-state index in [-0.39, 0.29) is 6.42 Å². The zero-order valence-electron chi connectivity index (χ0n) is 7.98. The van der Waals surface area contributed by atoms with E-state index in [1.807, 2.05) is 0 Å². The highest BCUT2D eigenvalue weighted by atomic mass is 16.6. The first kappa shape index (κ1) is 12.1. The van der Waals surface area contributed by atoms with Crippen LogP contribution < -0.4 is 5.73 Å². The number of amides is 1. The number of nitrogens with two attached hydrogens (primary N) is 1. The molecule has 0 bridgehead atoms. The SMILES string of the molecule is NC(=O)CC=NC1OC(CO)C(O)C1O. The van der Waals surface area contributed by atoms with Gasteiger partial charge in [-0.2, -0.15) is 0 Å². The normalized spacial score (nSPS) is 36.2. The number of carbonyl (C=O) groups is 1. The molecule has 5 N–H and O–H groups in total. The highest BCUT2D eigenvalue weighted by Crippen LogP contribution is 2.21. The van der Waals surface area contributed by atoms with Crippen LogP contribution >= 0.6 is 0 Å². The first-order valence-electron chi connectivity index (χ1n) is 4.48. The van der Waals surface area contributed by atoms with Crippen LogP contribution in [0.15, 0.2) is 4.99 Å². The van der Waals surface area contributed by atoms with E-state index in [1.54, 1.807) is 0 Å². The van der Waals surface area contributed by atoms with Crippen molar-refractivity contribution in [2.75, 3.05) is 6.61 Å². The molecule has 0 saturated carbocycles. The smallest absolute Gasteiger partial charge is 0.222 e. The third-order valence-electron chi connectivity index (χ3n) is 2.06. The summed E-state index contributed by atoms with van der Waals surface area (Å²) in [7, 11) is 0. The van der Waals surface area contributed by atoms with Gasteiger partial charge in [0.15, 0.2) is 6.23 Å². The average molecular weight is 218 g/mol. The number of hydrogen-bond acceptors (Lipinski definition) is 6. The maximum Gasteiger partial charge on any atom is 0.222 e. The van der Waals surface area contributed by atoms with Crippen molar-refractivity contribution in [3.8, 4) is 0 Å². The van der Waals surface area contributed by atoms with E-state index in [1.165, 1.54) is 6.21 Å². The number of aliphatic hydroxyl groups excluding tert-OH is 3. The molecule has 0 aromatic heterocycles. The van der Waals surface area contributed by atoms with Gasteiger partial charge in [0, 0.05) is 6.21 Å². The zero-order chi connectivity index (χ0) is 11.4. The van der Waals surface area contributed by atoms with Crippen LogP contribution in [-0.2, 0) is 9.53 Å². The van der Waals surface area contributed by atoms with Crippen LogP contribution in [-0.4, -0.2) is 58.6 Å². The van der Waals surface area contributed by atoms with Crippen LogP contribution in [0.4, 0.5) is 0 Å². The second-order valence-corrected chi connectivity index (χ2v) is 3.23. The Kier molecular flexibility index (Phi) is 4.15. The number of aliphatic hydroxyl groups is 3. The molecule has 7 heteroatoms. The quantitative estimate of drug-likeness (QED) is 0.384. The number of carbonyl (C=O) groups excluding carboxylic acids is 1. The summed E-state index contributed by atoms with van der Waals surface area (Å²) < 4.78 is 5.02. The lowest BCUT2D eigenvalue weighted by Crippen LogP contribution is -2.33. The number of ether oxygens (including phenoxy) is 1. The summed E-state index contributed by atoms with van der Waals surface area (Å²) in [5.41, 5.74) is 4.87. The van der Waals surface area contributed by atoms with Gasteiger partial charge in [0.1, 0.15) is 18.3 Å². The minimum absolute atomic E-state index is 0.0630. The molecule has 1 fully saturated rings. The van der Waals surface area contributed by atoms with Gasteiger partial charge in [-0.3, -0.25) is 9.79 Å². The third-order valence-corrected chi connectivity index (χ3v) is 2.06. The third kappa shape index (κ3) is 2.96. The molecule has 7 nitrogen and oxygen atoms in total. The Balaban J connectivity index is 2.50. The molecule has 4 unspecified atom stereocenters. The van der Waals surface area contributed by atoms with Gasteiger partial charge >= 0.3 is 0 Å². The second kappa shape index (κ2) is 5.17. The monoisotopic (exact) mass is 218 g/mol. The molecule has 0 aromatic rings. The van der Waals surface area contributed by atoms with Gasteiger partial charge in [0.05, 0.1) is 13.0 Å². The maximum absolute atomic E-state index is 10.4. The Morgan fingerprint density at radius 2 is 2.13 bits per heavy atom. The van der Waals surface area contributed by atoms with Gasteiger partial charge in [0.2, 0.25) is 5.91 Å². The fraction of sp³-hybridized carbons (Fsp3) is 0.750. The van der Waals surface area contributed by atoms with E-state index >= 15 is 0 Å². The average Bonchev–Trinajstić information content (AvgIpc) is 2.45. The molecule has 15 heavy (non-hydrogen) atoms. The molecule has 1 saturated heterocycles. The van der Waals surface area contributed by atoms with Crippen LogP contribution in [0.25, 0.3) is 0 Å². The number of nitrogens with zero attached hydrogens (tertiary/aromatic N) is 1. The first-order valence-corrected chi connectivity index (χ1v) is 4.48. The number of primary amides is 1. The van der Waals surface area contributed by atoms with Gasteiger partial charge in [-0.05, 0) is 0 Å². The van der Waals surface area contributed by atoms with Crippen molar-refractivity contribution in [1.82, 2.24) is 0 Å². The largest absolute Gasteiger partial charge is 0.394 e. The molecule has 0 aliphatic carbocycles. The number of hydrogen-bond donors (Lipinski definition) is 4. The van der Waals surface area contributed by atoms with E-state index in [2.05, 4.69) is 4.99 Å². The maximum atomic E-state index is 10.4. The lowest BCUT2D eigenvalue weighted by Gasteiger charge is -2.09. The highest BCUT2D eigenvalue weighted by Gasteiger charge is 2.41. The predicted molar refractivity (Wildman–Crippen MR) is 50.1 cm³/mol. The van der Waals surface area contributed by atoms with Crippen molar-refractivity contribution >= 4 is 12.1 Å². The van der Waals surface area contributed by atoms with Crippen molar-refractivity contribution in [1.29, 1.82) is 0 Å². The number of aliphatic imine (C=N–C) groups is 1. The molecule has 1 rings (SSSR count). The molecule has 0 radical (unpaired) electrons. The lowest BCUT2D eigenvalue weighted by atomic mass is 10.1. The van der Waals surface area contributed by atoms with Crippen molar-refractivity contribution in [2.24, 2.45) is 10.7 Å². The Hall–Kier alpha value is -1.02. The fourth-order valence-corrected chi connectivity index (χ4v) is 1.25. The van der Waals surface area contributed by atoms with Crippen LogP contribution in [0.3, 0.4) is 0 Å². The summed E-state index contributed by atoms with van der Waals surface area (Å²) in [5, 5.41) is 27.5. The summed E-state index contributed by atoms with van der Waals surface area (Å²) in [5.74, 6) is -0.550. The summed E-state index contributed by atoms with van der Waals surface area (Å²) in [6, 6.07) is 0. The minimum Gasteiger partial charge on any atom is -0.394 e. The van der Waals surface area contributed by atoms with E-state index in [0.29, 0.717) is 0 Å². The fourth-order valence-electron chi connectivity index (χ4n) is 1.25. The summed E-state index contributed by atoms with van der Waals surface area (Å²) in [4.78, 5) is 14.1. The summed E-state index contributed by atoms with van der Waals surface area (Å²) >= 11 is 0. The molecule has 1 aliphatic rings. The van der Waals surface area contributed by atoms with Crippen molar-refractivity contribution in [3.63, 3.8) is 0 Å². The van der Waals surface area contributed by atoms with Gasteiger partial charge in [0.25, 0.3) is 0 Å². The van der Waals surface area contributed by atoms with Crippen molar-refractivity contribution in [3.05, 3.63) is 0 Å². The molecule has 4 atom stereocenters. The molecule has 1 heterocycles. The lowest BCUT2D eigenvalue weighted by molar-refractivity contribution is -0.116. The van der Waals surface area contributed by atoms with Crippen molar-refractivity contribution in [2.45, 2.75) is 31.0 Å². The molecular formula is C8H14N2O5. The second-order valence-electron chi connectivity index (χ2n) is 3.23. The van der Waals surface area contributed by atoms with Crippen LogP contribution in [0.2, 0.25) is 0 Å². The van der Waals surface area contributed by atoms with Gasteiger partial charge in [-0.15, -0.1) is 0 Å². The predicted octanol–water partition coefficient (Wildman–Crippen LogP) is -2.63. The Bertz CT molecular complexity index is 257. The highest BCUT2D eigenvalue weighted by molar-refractivity contribution is 5.88.